The number of hydrogen-bond acceptors (Lipinski definition) is 6. The number of carbonyl (C=O) groups is 1. The van der Waals surface area contributed by atoms with Crippen LogP contribution in [0.25, 0.3) is 0 Å². The van der Waals surface area contributed by atoms with Gasteiger partial charge in [-0.05, 0) is 44.5 Å². The third-order valence-electron chi connectivity index (χ3n) is 4.66. The highest BCUT2D eigenvalue weighted by Crippen LogP contribution is 2.27. The molecule has 3 rings (SSSR count). The van der Waals surface area contributed by atoms with Crippen LogP contribution in [-0.4, -0.2) is 54.9 Å². The Bertz CT molecular complexity index is 637. The smallest absolute Gasteiger partial charge is 0.293 e. The monoisotopic (exact) mass is 349 g/mol. The maximum Gasteiger partial charge on any atom is 0.293 e. The number of piperidine rings is 1. The van der Waals surface area contributed by atoms with Crippen molar-refractivity contribution in [2.45, 2.75) is 26.1 Å². The summed E-state index contributed by atoms with van der Waals surface area (Å²) in [5, 5.41) is 13.8. The highest BCUT2D eigenvalue weighted by molar-refractivity contribution is 5.94. The Kier molecular flexibility index (Phi) is 5.62. The number of nitrogens with one attached hydrogen (secondary N) is 1. The minimum Gasteiger partial charge on any atom is -0.350 e. The Morgan fingerprint density at radius 3 is 2.64 bits per heavy atom. The fourth-order valence-electron chi connectivity index (χ4n) is 3.32. The van der Waals surface area contributed by atoms with Gasteiger partial charge in [0.05, 0.1) is 24.7 Å². The summed E-state index contributed by atoms with van der Waals surface area (Å²) >= 11 is 0. The lowest BCUT2D eigenvalue weighted by molar-refractivity contribution is -0.384. The average molecular weight is 349 g/mol. The van der Waals surface area contributed by atoms with Gasteiger partial charge < -0.3 is 14.8 Å². The maximum atomic E-state index is 12.3. The second-order valence-corrected chi connectivity index (χ2v) is 6.55. The first-order chi connectivity index (χ1) is 12.0. The van der Waals surface area contributed by atoms with Crippen LogP contribution in [0.3, 0.4) is 0 Å². The van der Waals surface area contributed by atoms with E-state index in [4.69, 9.17) is 9.47 Å². The maximum absolute atomic E-state index is 12.3. The Labute approximate surface area is 146 Å². The van der Waals surface area contributed by atoms with E-state index in [1.807, 2.05) is 0 Å². The molecule has 8 nitrogen and oxygen atoms in total. The predicted molar refractivity (Wildman–Crippen MR) is 91.3 cm³/mol. The van der Waals surface area contributed by atoms with Crippen molar-refractivity contribution in [2.75, 3.05) is 38.2 Å². The molecular weight excluding hydrogens is 326 g/mol. The van der Waals surface area contributed by atoms with E-state index in [2.05, 4.69) is 10.2 Å². The first-order valence-electron chi connectivity index (χ1n) is 8.53. The standard InChI is InChI=1S/C17H23N3O5/c1-12-2-3-14(15(10-12)20(22)23)18-16(21)11-19-6-4-13(5-7-19)17-24-8-9-25-17/h2-3,10,13,17H,4-9,11H2,1H3,(H,18,21). The van der Waals surface area contributed by atoms with Gasteiger partial charge in [-0.25, -0.2) is 0 Å². The summed E-state index contributed by atoms with van der Waals surface area (Å²) in [5.41, 5.74) is 0.939. The minimum atomic E-state index is -0.476. The van der Waals surface area contributed by atoms with Crippen LogP contribution in [-0.2, 0) is 14.3 Å². The molecule has 0 radical (unpaired) electrons. The Balaban J connectivity index is 1.51. The number of nitro groups is 1. The van der Waals surface area contributed by atoms with Gasteiger partial charge in [-0.1, -0.05) is 6.07 Å². The molecule has 0 bridgehead atoms. The molecule has 0 atom stereocenters. The summed E-state index contributed by atoms with van der Waals surface area (Å²) < 4.78 is 11.1. The normalized spacial score (nSPS) is 19.9. The lowest BCUT2D eigenvalue weighted by Crippen LogP contribution is -2.41. The zero-order valence-electron chi connectivity index (χ0n) is 14.3. The molecule has 0 spiro atoms. The third kappa shape index (κ3) is 4.53. The molecule has 0 saturated carbocycles. The van der Waals surface area contributed by atoms with Crippen LogP contribution in [0.1, 0.15) is 18.4 Å². The summed E-state index contributed by atoms with van der Waals surface area (Å²) in [4.78, 5) is 25.0. The van der Waals surface area contributed by atoms with Crippen LogP contribution in [0, 0.1) is 23.0 Å². The van der Waals surface area contributed by atoms with E-state index in [0.29, 0.717) is 19.1 Å². The van der Waals surface area contributed by atoms with Gasteiger partial charge in [-0.3, -0.25) is 19.8 Å². The van der Waals surface area contributed by atoms with Crippen molar-refractivity contribution < 1.29 is 19.2 Å². The molecule has 1 amide bonds. The molecule has 2 saturated heterocycles. The van der Waals surface area contributed by atoms with Crippen LogP contribution >= 0.6 is 0 Å². The summed E-state index contributed by atoms with van der Waals surface area (Å²) in [6.45, 7) is 4.89. The lowest BCUT2D eigenvalue weighted by atomic mass is 9.96. The number of nitrogens with zero attached hydrogens (tertiary/aromatic N) is 2. The van der Waals surface area contributed by atoms with Crippen LogP contribution in [0.2, 0.25) is 0 Å². The summed E-state index contributed by atoms with van der Waals surface area (Å²) in [6, 6.07) is 4.78. The summed E-state index contributed by atoms with van der Waals surface area (Å²) in [7, 11) is 0. The first-order valence-corrected chi connectivity index (χ1v) is 8.53. The molecule has 2 aliphatic heterocycles. The van der Waals surface area contributed by atoms with E-state index < -0.39 is 4.92 Å². The number of amides is 1. The molecule has 25 heavy (non-hydrogen) atoms. The van der Waals surface area contributed by atoms with Crippen LogP contribution < -0.4 is 5.32 Å². The van der Waals surface area contributed by atoms with Crippen molar-refractivity contribution in [3.63, 3.8) is 0 Å². The highest BCUT2D eigenvalue weighted by atomic mass is 16.7. The van der Waals surface area contributed by atoms with Gasteiger partial charge in [-0.15, -0.1) is 0 Å². The largest absolute Gasteiger partial charge is 0.350 e. The number of carbonyl (C=O) groups excluding carboxylic acids is 1. The van der Waals surface area contributed by atoms with Crippen molar-refractivity contribution in [3.05, 3.63) is 33.9 Å². The lowest BCUT2D eigenvalue weighted by Gasteiger charge is -2.33. The van der Waals surface area contributed by atoms with E-state index in [0.717, 1.165) is 31.5 Å². The van der Waals surface area contributed by atoms with E-state index >= 15 is 0 Å². The fourth-order valence-corrected chi connectivity index (χ4v) is 3.32. The van der Waals surface area contributed by atoms with Crippen molar-refractivity contribution >= 4 is 17.3 Å². The van der Waals surface area contributed by atoms with Gasteiger partial charge in [0.25, 0.3) is 5.69 Å². The van der Waals surface area contributed by atoms with Gasteiger partial charge >= 0.3 is 0 Å². The van der Waals surface area contributed by atoms with E-state index in [-0.39, 0.29) is 30.1 Å². The second kappa shape index (κ2) is 7.90. The Morgan fingerprint density at radius 1 is 1.32 bits per heavy atom. The van der Waals surface area contributed by atoms with E-state index in [9.17, 15) is 14.9 Å². The average Bonchev–Trinajstić information content (AvgIpc) is 3.11. The van der Waals surface area contributed by atoms with Crippen LogP contribution in [0.15, 0.2) is 18.2 Å². The number of anilines is 1. The molecule has 0 aliphatic carbocycles. The molecule has 2 aliphatic rings. The molecule has 136 valence electrons. The number of rotatable bonds is 5. The molecular formula is C17H23N3O5. The van der Waals surface area contributed by atoms with Crippen molar-refractivity contribution in [2.24, 2.45) is 5.92 Å². The first kappa shape index (κ1) is 17.8. The predicted octanol–water partition coefficient (Wildman–Crippen LogP) is 1.93. The molecule has 2 heterocycles. The van der Waals surface area contributed by atoms with Gasteiger partial charge in [0.15, 0.2) is 6.29 Å². The van der Waals surface area contributed by atoms with Gasteiger partial charge in [0.2, 0.25) is 5.91 Å². The van der Waals surface area contributed by atoms with E-state index in [1.54, 1.807) is 19.1 Å². The SMILES string of the molecule is Cc1ccc(NC(=O)CN2CCC(C3OCCO3)CC2)c([N+](=O)[O-])c1. The molecule has 1 N–H and O–H groups in total. The molecule has 0 aromatic heterocycles. The zero-order valence-corrected chi connectivity index (χ0v) is 14.3. The minimum absolute atomic E-state index is 0.0809. The van der Waals surface area contributed by atoms with Crippen LogP contribution in [0.5, 0.6) is 0 Å². The fraction of sp³-hybridized carbons (Fsp3) is 0.588. The summed E-state index contributed by atoms with van der Waals surface area (Å²) in [6.07, 6.45) is 1.73. The van der Waals surface area contributed by atoms with Crippen molar-refractivity contribution in [1.82, 2.24) is 4.90 Å². The number of ether oxygens (including phenoxy) is 2. The number of benzene rings is 1. The molecule has 1 aromatic rings. The molecule has 1 aromatic carbocycles. The Morgan fingerprint density at radius 2 is 2.00 bits per heavy atom. The molecule has 2 fully saturated rings. The van der Waals surface area contributed by atoms with Gasteiger partial charge in [0, 0.05) is 12.0 Å². The number of hydrogen-bond donors (Lipinski definition) is 1. The zero-order chi connectivity index (χ0) is 17.8. The number of likely N-dealkylation sites (tertiary alicyclic amines) is 1. The highest BCUT2D eigenvalue weighted by Gasteiger charge is 2.31. The molecule has 0 unspecified atom stereocenters. The third-order valence-corrected chi connectivity index (χ3v) is 4.66. The van der Waals surface area contributed by atoms with Crippen molar-refractivity contribution in [3.8, 4) is 0 Å². The van der Waals surface area contributed by atoms with E-state index in [1.165, 1.54) is 6.07 Å². The number of nitro benzene ring substituents is 1. The Hall–Kier alpha value is -2.03. The molecule has 8 heteroatoms. The number of aryl methyl sites for hydroxylation is 1. The van der Waals surface area contributed by atoms with Gasteiger partial charge in [0.1, 0.15) is 5.69 Å². The topological polar surface area (TPSA) is 93.9 Å². The van der Waals surface area contributed by atoms with Crippen LogP contribution in [0.4, 0.5) is 11.4 Å². The quantitative estimate of drug-likeness (QED) is 0.645. The van der Waals surface area contributed by atoms with Gasteiger partial charge in [-0.2, -0.15) is 0 Å². The summed E-state index contributed by atoms with van der Waals surface area (Å²) in [5.74, 6) is 0.138. The second-order valence-electron chi connectivity index (χ2n) is 6.55. The van der Waals surface area contributed by atoms with Crippen molar-refractivity contribution in [1.29, 1.82) is 0 Å².